The lowest BCUT2D eigenvalue weighted by Crippen LogP contribution is -2.18. The second kappa shape index (κ2) is 8.13. The van der Waals surface area contributed by atoms with Crippen LogP contribution in [-0.2, 0) is 11.2 Å². The SMILES string of the molecule is COc1ccc(CC(=O)Nc2ccc(N3CCCC3)cc2C)cc1OC. The van der Waals surface area contributed by atoms with Crippen LogP contribution in [0.4, 0.5) is 11.4 Å². The van der Waals surface area contributed by atoms with Gasteiger partial charge >= 0.3 is 0 Å². The van der Waals surface area contributed by atoms with E-state index in [2.05, 4.69) is 22.3 Å². The van der Waals surface area contributed by atoms with Crippen LogP contribution in [0.15, 0.2) is 36.4 Å². The van der Waals surface area contributed by atoms with Crippen molar-refractivity contribution in [1.82, 2.24) is 0 Å². The fourth-order valence-electron chi connectivity index (χ4n) is 3.33. The Labute approximate surface area is 154 Å². The molecule has 3 rings (SSSR count). The summed E-state index contributed by atoms with van der Waals surface area (Å²) in [4.78, 5) is 14.8. The van der Waals surface area contributed by atoms with E-state index in [4.69, 9.17) is 9.47 Å². The fourth-order valence-corrected chi connectivity index (χ4v) is 3.33. The molecule has 5 heteroatoms. The number of anilines is 2. The zero-order chi connectivity index (χ0) is 18.5. The molecule has 1 aliphatic rings. The van der Waals surface area contributed by atoms with Gasteiger partial charge in [-0.2, -0.15) is 0 Å². The van der Waals surface area contributed by atoms with Crippen molar-refractivity contribution in [1.29, 1.82) is 0 Å². The summed E-state index contributed by atoms with van der Waals surface area (Å²) in [7, 11) is 3.19. The van der Waals surface area contributed by atoms with Crippen LogP contribution < -0.4 is 19.7 Å². The van der Waals surface area contributed by atoms with E-state index in [0.717, 1.165) is 29.9 Å². The van der Waals surface area contributed by atoms with Gasteiger partial charge in [-0.05, 0) is 61.2 Å². The summed E-state index contributed by atoms with van der Waals surface area (Å²) >= 11 is 0. The fraction of sp³-hybridized carbons (Fsp3) is 0.381. The highest BCUT2D eigenvalue weighted by Crippen LogP contribution is 2.28. The molecule has 0 atom stereocenters. The number of ether oxygens (including phenoxy) is 2. The van der Waals surface area contributed by atoms with Gasteiger partial charge in [-0.25, -0.2) is 0 Å². The van der Waals surface area contributed by atoms with Crippen molar-refractivity contribution in [2.45, 2.75) is 26.2 Å². The smallest absolute Gasteiger partial charge is 0.228 e. The Bertz CT molecular complexity index is 783. The Morgan fingerprint density at radius 2 is 1.77 bits per heavy atom. The molecular formula is C21H26N2O3. The number of nitrogens with one attached hydrogen (secondary N) is 1. The van der Waals surface area contributed by atoms with Gasteiger partial charge in [0.25, 0.3) is 0 Å². The highest BCUT2D eigenvalue weighted by molar-refractivity contribution is 5.93. The minimum atomic E-state index is -0.0470. The molecule has 0 spiro atoms. The zero-order valence-corrected chi connectivity index (χ0v) is 15.7. The lowest BCUT2D eigenvalue weighted by molar-refractivity contribution is -0.115. The van der Waals surface area contributed by atoms with Crippen LogP contribution >= 0.6 is 0 Å². The molecule has 1 heterocycles. The molecule has 0 saturated carbocycles. The zero-order valence-electron chi connectivity index (χ0n) is 15.7. The van der Waals surface area contributed by atoms with Gasteiger partial charge in [0.2, 0.25) is 5.91 Å². The first-order valence-corrected chi connectivity index (χ1v) is 8.97. The third-order valence-electron chi connectivity index (χ3n) is 4.77. The van der Waals surface area contributed by atoms with Gasteiger partial charge in [-0.3, -0.25) is 4.79 Å². The maximum absolute atomic E-state index is 12.4. The first kappa shape index (κ1) is 18.1. The van der Waals surface area contributed by atoms with Crippen molar-refractivity contribution in [2.24, 2.45) is 0 Å². The van der Waals surface area contributed by atoms with E-state index in [-0.39, 0.29) is 12.3 Å². The topological polar surface area (TPSA) is 50.8 Å². The van der Waals surface area contributed by atoms with Crippen LogP contribution in [0.1, 0.15) is 24.0 Å². The molecule has 0 unspecified atom stereocenters. The number of carbonyl (C=O) groups is 1. The second-order valence-electron chi connectivity index (χ2n) is 6.61. The average molecular weight is 354 g/mol. The lowest BCUT2D eigenvalue weighted by Gasteiger charge is -2.19. The van der Waals surface area contributed by atoms with Crippen LogP contribution in [0.2, 0.25) is 0 Å². The van der Waals surface area contributed by atoms with Crippen LogP contribution in [-0.4, -0.2) is 33.2 Å². The third-order valence-corrected chi connectivity index (χ3v) is 4.77. The normalized spacial score (nSPS) is 13.6. The summed E-state index contributed by atoms with van der Waals surface area (Å²) in [6, 6.07) is 11.8. The molecule has 2 aromatic rings. The molecule has 1 amide bonds. The Kier molecular flexibility index (Phi) is 5.66. The summed E-state index contributed by atoms with van der Waals surface area (Å²) < 4.78 is 10.5. The van der Waals surface area contributed by atoms with E-state index in [9.17, 15) is 4.79 Å². The second-order valence-corrected chi connectivity index (χ2v) is 6.61. The van der Waals surface area contributed by atoms with Gasteiger partial charge < -0.3 is 19.7 Å². The number of methoxy groups -OCH3 is 2. The average Bonchev–Trinajstić information content (AvgIpc) is 3.18. The molecule has 1 fully saturated rings. The Balaban J connectivity index is 1.66. The van der Waals surface area contributed by atoms with Crippen molar-refractivity contribution >= 4 is 17.3 Å². The van der Waals surface area contributed by atoms with E-state index in [1.807, 2.05) is 31.2 Å². The number of hydrogen-bond acceptors (Lipinski definition) is 4. The number of aryl methyl sites for hydroxylation is 1. The third kappa shape index (κ3) is 4.10. The van der Waals surface area contributed by atoms with Gasteiger partial charge in [0, 0.05) is 24.5 Å². The molecule has 0 radical (unpaired) electrons. The standard InChI is InChI=1S/C21H26N2O3/c1-15-12-17(23-10-4-5-11-23)7-8-18(15)22-21(24)14-16-6-9-19(25-2)20(13-16)26-3/h6-9,12-13H,4-5,10-11,14H2,1-3H3,(H,22,24). The molecule has 1 saturated heterocycles. The van der Waals surface area contributed by atoms with Crippen molar-refractivity contribution in [3.63, 3.8) is 0 Å². The Hall–Kier alpha value is -2.69. The lowest BCUT2D eigenvalue weighted by atomic mass is 10.1. The van der Waals surface area contributed by atoms with Gasteiger partial charge in [-0.1, -0.05) is 6.07 Å². The monoisotopic (exact) mass is 354 g/mol. The van der Waals surface area contributed by atoms with Gasteiger partial charge in [0.05, 0.1) is 20.6 Å². The molecule has 0 aliphatic carbocycles. The molecule has 1 N–H and O–H groups in total. The number of amides is 1. The predicted molar refractivity (Wildman–Crippen MR) is 105 cm³/mol. The van der Waals surface area contributed by atoms with E-state index in [1.165, 1.54) is 18.5 Å². The maximum Gasteiger partial charge on any atom is 0.228 e. The van der Waals surface area contributed by atoms with E-state index in [0.29, 0.717) is 11.5 Å². The summed E-state index contributed by atoms with van der Waals surface area (Å²) in [6.45, 7) is 4.26. The Morgan fingerprint density at radius 1 is 1.04 bits per heavy atom. The number of hydrogen-bond donors (Lipinski definition) is 1. The minimum absolute atomic E-state index is 0.0470. The highest BCUT2D eigenvalue weighted by atomic mass is 16.5. The number of rotatable bonds is 6. The quantitative estimate of drug-likeness (QED) is 0.857. The van der Waals surface area contributed by atoms with Crippen LogP contribution in [0.3, 0.4) is 0 Å². The molecule has 0 aromatic heterocycles. The van der Waals surface area contributed by atoms with E-state index in [1.54, 1.807) is 14.2 Å². The van der Waals surface area contributed by atoms with Crippen LogP contribution in [0.25, 0.3) is 0 Å². The minimum Gasteiger partial charge on any atom is -0.493 e. The van der Waals surface area contributed by atoms with Crippen molar-refractivity contribution < 1.29 is 14.3 Å². The molecule has 1 aliphatic heterocycles. The first-order chi connectivity index (χ1) is 12.6. The first-order valence-electron chi connectivity index (χ1n) is 8.97. The number of nitrogens with zero attached hydrogens (tertiary/aromatic N) is 1. The molecule has 2 aromatic carbocycles. The summed E-state index contributed by atoms with van der Waals surface area (Å²) in [5, 5.41) is 3.01. The predicted octanol–water partition coefficient (Wildman–Crippen LogP) is 3.79. The van der Waals surface area contributed by atoms with Crippen molar-refractivity contribution in [2.75, 3.05) is 37.5 Å². The highest BCUT2D eigenvalue weighted by Gasteiger charge is 2.14. The van der Waals surface area contributed by atoms with Gasteiger partial charge in [0.1, 0.15) is 0 Å². The van der Waals surface area contributed by atoms with Crippen LogP contribution in [0, 0.1) is 6.92 Å². The van der Waals surface area contributed by atoms with Crippen LogP contribution in [0.5, 0.6) is 11.5 Å². The summed E-state index contributed by atoms with van der Waals surface area (Å²) in [6.07, 6.45) is 2.79. The van der Waals surface area contributed by atoms with Crippen molar-refractivity contribution in [3.05, 3.63) is 47.5 Å². The summed E-state index contributed by atoms with van der Waals surface area (Å²) in [5.41, 5.74) is 4.05. The largest absolute Gasteiger partial charge is 0.493 e. The molecule has 26 heavy (non-hydrogen) atoms. The molecular weight excluding hydrogens is 328 g/mol. The van der Waals surface area contributed by atoms with Crippen molar-refractivity contribution in [3.8, 4) is 11.5 Å². The summed E-state index contributed by atoms with van der Waals surface area (Å²) in [5.74, 6) is 1.24. The van der Waals surface area contributed by atoms with Gasteiger partial charge in [0.15, 0.2) is 11.5 Å². The van der Waals surface area contributed by atoms with E-state index >= 15 is 0 Å². The number of benzene rings is 2. The molecule has 5 nitrogen and oxygen atoms in total. The molecule has 0 bridgehead atoms. The molecule has 138 valence electrons. The maximum atomic E-state index is 12.4. The van der Waals surface area contributed by atoms with Gasteiger partial charge in [-0.15, -0.1) is 0 Å². The van der Waals surface area contributed by atoms with E-state index < -0.39 is 0 Å². The number of carbonyl (C=O) groups excluding carboxylic acids is 1. The Morgan fingerprint density at radius 3 is 2.42 bits per heavy atom.